The van der Waals surface area contributed by atoms with Crippen LogP contribution in [0.2, 0.25) is 5.02 Å². The first-order chi connectivity index (χ1) is 14.0. The molecule has 0 aromatic heterocycles. The van der Waals surface area contributed by atoms with E-state index in [-0.39, 0.29) is 29.9 Å². The number of halogens is 1. The summed E-state index contributed by atoms with van der Waals surface area (Å²) in [5.74, 6) is -0.0358. The first kappa shape index (κ1) is 20.9. The molecule has 0 unspecified atom stereocenters. The van der Waals surface area contributed by atoms with Crippen LogP contribution in [0.15, 0.2) is 36.4 Å². The van der Waals surface area contributed by atoms with E-state index in [1.807, 2.05) is 0 Å². The molecule has 1 N–H and O–H groups in total. The maximum Gasteiger partial charge on any atom is 0.254 e. The molecule has 1 heterocycles. The highest BCUT2D eigenvalue weighted by Gasteiger charge is 2.29. The predicted molar refractivity (Wildman–Crippen MR) is 109 cm³/mol. The quantitative estimate of drug-likeness (QED) is 0.687. The molecule has 7 heteroatoms. The molecule has 0 spiro atoms. The third-order valence-corrected chi connectivity index (χ3v) is 5.37. The van der Waals surface area contributed by atoms with Crippen LogP contribution in [0.3, 0.4) is 0 Å². The number of amides is 1. The molecule has 29 heavy (non-hydrogen) atoms. The monoisotopic (exact) mass is 415 g/mol. The number of phenols is 1. The molecule has 2 aromatic carbocycles. The summed E-state index contributed by atoms with van der Waals surface area (Å²) >= 11 is 6.03. The van der Waals surface area contributed by atoms with Gasteiger partial charge in [-0.3, -0.25) is 14.4 Å². The molecular formula is C22H22ClNO5. The van der Waals surface area contributed by atoms with Gasteiger partial charge in [-0.05, 0) is 49.6 Å². The number of aldehydes is 2. The number of hydrogen-bond donors (Lipinski definition) is 1. The van der Waals surface area contributed by atoms with Crippen LogP contribution in [0.5, 0.6) is 11.5 Å². The van der Waals surface area contributed by atoms with Crippen LogP contribution in [0.25, 0.3) is 0 Å². The molecule has 0 saturated carbocycles. The lowest BCUT2D eigenvalue weighted by atomic mass is 9.97. The molecule has 1 atom stereocenters. The minimum atomic E-state index is -0.217. The summed E-state index contributed by atoms with van der Waals surface area (Å²) in [7, 11) is 0. The Balaban J connectivity index is 1.71. The van der Waals surface area contributed by atoms with Crippen LogP contribution in [0, 0.1) is 0 Å². The third-order valence-electron chi connectivity index (χ3n) is 5.13. The van der Waals surface area contributed by atoms with Crippen molar-refractivity contribution in [3.8, 4) is 11.5 Å². The molecule has 1 fully saturated rings. The Morgan fingerprint density at radius 1 is 1.21 bits per heavy atom. The number of piperidine rings is 1. The highest BCUT2D eigenvalue weighted by atomic mass is 35.5. The van der Waals surface area contributed by atoms with Gasteiger partial charge in [0.05, 0.1) is 17.7 Å². The zero-order chi connectivity index (χ0) is 20.8. The molecule has 3 rings (SSSR count). The average molecular weight is 416 g/mol. The molecule has 1 aliphatic heterocycles. The lowest BCUT2D eigenvalue weighted by molar-refractivity contribution is 0.0578. The first-order valence-electron chi connectivity index (χ1n) is 9.50. The van der Waals surface area contributed by atoms with Gasteiger partial charge in [0.1, 0.15) is 11.5 Å². The van der Waals surface area contributed by atoms with E-state index in [1.54, 1.807) is 29.2 Å². The molecule has 1 amide bonds. The van der Waals surface area contributed by atoms with Crippen LogP contribution >= 0.6 is 11.6 Å². The Labute approximate surface area is 174 Å². The molecule has 1 aliphatic rings. The van der Waals surface area contributed by atoms with E-state index < -0.39 is 0 Å². The van der Waals surface area contributed by atoms with Crippen molar-refractivity contribution in [2.45, 2.75) is 31.7 Å². The van der Waals surface area contributed by atoms with E-state index in [4.69, 9.17) is 16.3 Å². The van der Waals surface area contributed by atoms with Crippen LogP contribution in [-0.2, 0) is 0 Å². The summed E-state index contributed by atoms with van der Waals surface area (Å²) in [6.07, 6.45) is 4.50. The van der Waals surface area contributed by atoms with Crippen LogP contribution < -0.4 is 4.74 Å². The van der Waals surface area contributed by atoms with Gasteiger partial charge in [-0.15, -0.1) is 0 Å². The van der Waals surface area contributed by atoms with E-state index in [9.17, 15) is 19.5 Å². The van der Waals surface area contributed by atoms with E-state index in [2.05, 4.69) is 0 Å². The van der Waals surface area contributed by atoms with E-state index in [0.29, 0.717) is 47.4 Å². The summed E-state index contributed by atoms with van der Waals surface area (Å²) in [4.78, 5) is 37.4. The Hall–Kier alpha value is -2.86. The molecule has 6 nitrogen and oxygen atoms in total. The molecule has 2 aromatic rings. The number of ether oxygens (including phenoxy) is 1. The van der Waals surface area contributed by atoms with E-state index in [1.165, 1.54) is 12.1 Å². The number of aromatic hydroxyl groups is 1. The number of carbonyl (C=O) groups is 3. The molecule has 0 radical (unpaired) electrons. The molecule has 152 valence electrons. The minimum absolute atomic E-state index is 0.0493. The fourth-order valence-corrected chi connectivity index (χ4v) is 3.79. The van der Waals surface area contributed by atoms with Crippen molar-refractivity contribution in [1.29, 1.82) is 0 Å². The zero-order valence-electron chi connectivity index (χ0n) is 15.8. The highest BCUT2D eigenvalue weighted by Crippen LogP contribution is 2.27. The summed E-state index contributed by atoms with van der Waals surface area (Å²) in [5.41, 5.74) is 0.727. The van der Waals surface area contributed by atoms with Crippen molar-refractivity contribution < 1.29 is 24.2 Å². The van der Waals surface area contributed by atoms with Crippen molar-refractivity contribution >= 4 is 30.1 Å². The Morgan fingerprint density at radius 3 is 2.79 bits per heavy atom. The summed E-state index contributed by atoms with van der Waals surface area (Å²) in [6, 6.07) is 9.26. The van der Waals surface area contributed by atoms with Crippen molar-refractivity contribution in [2.75, 3.05) is 13.2 Å². The average Bonchev–Trinajstić information content (AvgIpc) is 2.73. The molecule has 0 bridgehead atoms. The van der Waals surface area contributed by atoms with Crippen LogP contribution in [0.1, 0.15) is 56.8 Å². The topological polar surface area (TPSA) is 83.9 Å². The molecule has 1 saturated heterocycles. The van der Waals surface area contributed by atoms with Crippen molar-refractivity contribution in [3.05, 3.63) is 58.1 Å². The fraction of sp³-hybridized carbons (Fsp3) is 0.318. The lowest BCUT2D eigenvalue weighted by Gasteiger charge is -2.36. The first-order valence-corrected chi connectivity index (χ1v) is 9.88. The highest BCUT2D eigenvalue weighted by molar-refractivity contribution is 6.31. The van der Waals surface area contributed by atoms with Crippen LogP contribution in [-0.4, -0.2) is 47.7 Å². The minimum Gasteiger partial charge on any atom is -0.507 e. The number of likely N-dealkylation sites (tertiary alicyclic amines) is 1. The number of nitrogens with zero attached hydrogens (tertiary/aromatic N) is 1. The standard InChI is InChI=1S/C22H22ClNO5/c23-16-8-7-15(13-25)18(12-16)22(28)24-10-2-1-4-17(24)9-11-29-21-6-3-5-20(27)19(21)14-26/h3,5-8,12-14,17,27H,1-2,4,9-11H2/t17-/m0/s1. The van der Waals surface area contributed by atoms with Crippen molar-refractivity contribution in [3.63, 3.8) is 0 Å². The fourth-order valence-electron chi connectivity index (χ4n) is 3.62. The Kier molecular flexibility index (Phi) is 6.88. The Bertz CT molecular complexity index is 914. The van der Waals surface area contributed by atoms with Gasteiger partial charge in [-0.25, -0.2) is 0 Å². The normalized spacial score (nSPS) is 16.3. The number of phenolic OH excluding ortho intramolecular Hbond substituents is 1. The largest absolute Gasteiger partial charge is 0.507 e. The van der Waals surface area contributed by atoms with Gasteiger partial charge in [0.2, 0.25) is 0 Å². The Morgan fingerprint density at radius 2 is 2.03 bits per heavy atom. The van der Waals surface area contributed by atoms with Gasteiger partial charge in [0.25, 0.3) is 5.91 Å². The van der Waals surface area contributed by atoms with E-state index >= 15 is 0 Å². The lowest BCUT2D eigenvalue weighted by Crippen LogP contribution is -2.44. The third kappa shape index (κ3) is 4.77. The zero-order valence-corrected chi connectivity index (χ0v) is 16.6. The second kappa shape index (κ2) is 9.56. The van der Waals surface area contributed by atoms with Crippen molar-refractivity contribution in [1.82, 2.24) is 4.90 Å². The smallest absolute Gasteiger partial charge is 0.254 e. The molecule has 0 aliphatic carbocycles. The van der Waals surface area contributed by atoms with Gasteiger partial charge in [0, 0.05) is 29.6 Å². The number of hydrogen-bond acceptors (Lipinski definition) is 5. The van der Waals surface area contributed by atoms with Gasteiger partial charge >= 0.3 is 0 Å². The number of rotatable bonds is 7. The summed E-state index contributed by atoms with van der Waals surface area (Å²) < 4.78 is 5.70. The molecular weight excluding hydrogens is 394 g/mol. The predicted octanol–water partition coefficient (Wildman–Crippen LogP) is 4.13. The second-order valence-corrected chi connectivity index (χ2v) is 7.38. The van der Waals surface area contributed by atoms with E-state index in [0.717, 1.165) is 19.3 Å². The van der Waals surface area contributed by atoms with Crippen LogP contribution in [0.4, 0.5) is 0 Å². The van der Waals surface area contributed by atoms with Gasteiger partial charge < -0.3 is 14.7 Å². The summed E-state index contributed by atoms with van der Waals surface area (Å²) in [6.45, 7) is 0.884. The maximum absolute atomic E-state index is 13.1. The van der Waals surface area contributed by atoms with Gasteiger partial charge in [0.15, 0.2) is 12.6 Å². The van der Waals surface area contributed by atoms with Crippen molar-refractivity contribution in [2.24, 2.45) is 0 Å². The SMILES string of the molecule is O=Cc1ccc(Cl)cc1C(=O)N1CCCC[C@H]1CCOc1cccc(O)c1C=O. The second-order valence-electron chi connectivity index (χ2n) is 6.94. The van der Waals surface area contributed by atoms with Gasteiger partial charge in [-0.1, -0.05) is 17.7 Å². The van der Waals surface area contributed by atoms with Gasteiger partial charge in [-0.2, -0.15) is 0 Å². The number of carbonyl (C=O) groups excluding carboxylic acids is 3. The summed E-state index contributed by atoms with van der Waals surface area (Å²) in [5, 5.41) is 10.2. The number of benzene rings is 2. The maximum atomic E-state index is 13.1.